The first kappa shape index (κ1) is 22.0. The first-order chi connectivity index (χ1) is 15.6. The first-order valence-electron chi connectivity index (χ1n) is 11.2. The summed E-state index contributed by atoms with van der Waals surface area (Å²) in [5, 5.41) is 3.13. The van der Waals surface area contributed by atoms with Gasteiger partial charge >= 0.3 is 0 Å². The zero-order chi connectivity index (χ0) is 22.4. The molecule has 32 heavy (non-hydrogen) atoms. The number of carbonyl (C=O) groups is 2. The van der Waals surface area contributed by atoms with Gasteiger partial charge in [-0.3, -0.25) is 9.59 Å². The normalized spacial score (nSPS) is 18.1. The number of benzene rings is 1. The number of likely N-dealkylation sites (tertiary alicyclic amines) is 1. The van der Waals surface area contributed by atoms with Crippen molar-refractivity contribution in [1.29, 1.82) is 0 Å². The fraction of sp³-hybridized carbons (Fsp3) is 0.400. The molecule has 0 aliphatic carbocycles. The minimum Gasteiger partial charge on any atom is -0.378 e. The lowest BCUT2D eigenvalue weighted by Crippen LogP contribution is -2.52. The minimum atomic E-state index is -0.652. The van der Waals surface area contributed by atoms with Crippen molar-refractivity contribution >= 4 is 17.6 Å². The Hall–Kier alpha value is -3.19. The summed E-state index contributed by atoms with van der Waals surface area (Å²) in [6, 6.07) is 13.9. The molecule has 1 N–H and O–H groups in total. The zero-order valence-corrected chi connectivity index (χ0v) is 18.3. The van der Waals surface area contributed by atoms with E-state index in [9.17, 15) is 9.59 Å². The lowest BCUT2D eigenvalue weighted by molar-refractivity contribution is -0.134. The van der Waals surface area contributed by atoms with Crippen LogP contribution in [0.15, 0.2) is 61.3 Å². The monoisotopic (exact) mass is 434 g/mol. The van der Waals surface area contributed by atoms with E-state index in [2.05, 4.69) is 21.8 Å². The summed E-state index contributed by atoms with van der Waals surface area (Å²) in [4.78, 5) is 34.0. The van der Waals surface area contributed by atoms with Gasteiger partial charge in [-0.15, -0.1) is 0 Å². The van der Waals surface area contributed by atoms with Gasteiger partial charge in [0.1, 0.15) is 5.82 Å². The molecule has 7 heteroatoms. The van der Waals surface area contributed by atoms with Crippen LogP contribution in [-0.2, 0) is 26.3 Å². The predicted molar refractivity (Wildman–Crippen MR) is 123 cm³/mol. The van der Waals surface area contributed by atoms with Crippen LogP contribution in [0.25, 0.3) is 0 Å². The molecule has 1 aromatic carbocycles. The second-order valence-electron chi connectivity index (χ2n) is 8.28. The number of nitrogens with one attached hydrogen (secondary N) is 1. The number of pyridine rings is 1. The largest absolute Gasteiger partial charge is 0.378 e. The van der Waals surface area contributed by atoms with Gasteiger partial charge in [-0.1, -0.05) is 43.0 Å². The molecule has 0 saturated carbocycles. The summed E-state index contributed by atoms with van der Waals surface area (Å²) in [5.41, 5.74) is 1.29. The number of carbonyl (C=O) groups excluding carboxylic acids is 2. The number of hydrogen-bond donors (Lipinski definition) is 1. The molecule has 0 unspecified atom stereocenters. The van der Waals surface area contributed by atoms with Crippen LogP contribution >= 0.6 is 0 Å². The molecule has 2 fully saturated rings. The van der Waals surface area contributed by atoms with Crippen LogP contribution in [0.2, 0.25) is 0 Å². The standard InChI is InChI=1S/C25H30N4O3/c1-2-23(30)29-12-10-25(11-13-29,21-6-4-3-5-7-21)24(31)27-19-20-8-9-22(26-18-20)28-14-16-32-17-15-28/h2-9,18H,1,10-17,19H2,(H,27,31). The summed E-state index contributed by atoms with van der Waals surface area (Å²) in [7, 11) is 0. The molecule has 1 aromatic heterocycles. The molecule has 0 radical (unpaired) electrons. The summed E-state index contributed by atoms with van der Waals surface area (Å²) in [6.45, 7) is 8.18. The summed E-state index contributed by atoms with van der Waals surface area (Å²) in [5.74, 6) is 0.841. The van der Waals surface area contributed by atoms with Crippen LogP contribution in [0.3, 0.4) is 0 Å². The lowest BCUT2D eigenvalue weighted by atomic mass is 9.72. The van der Waals surface area contributed by atoms with E-state index in [4.69, 9.17) is 4.74 Å². The number of anilines is 1. The van der Waals surface area contributed by atoms with E-state index in [-0.39, 0.29) is 11.8 Å². The van der Waals surface area contributed by atoms with Gasteiger partial charge in [0.05, 0.1) is 18.6 Å². The fourth-order valence-electron chi connectivity index (χ4n) is 4.49. The molecule has 0 spiro atoms. The van der Waals surface area contributed by atoms with Gasteiger partial charge in [-0.05, 0) is 36.1 Å². The van der Waals surface area contributed by atoms with E-state index in [1.807, 2.05) is 48.7 Å². The molecule has 4 rings (SSSR count). The quantitative estimate of drug-likeness (QED) is 0.706. The number of aromatic nitrogens is 1. The molecular formula is C25H30N4O3. The molecule has 3 heterocycles. The summed E-state index contributed by atoms with van der Waals surface area (Å²) < 4.78 is 5.40. The highest BCUT2D eigenvalue weighted by molar-refractivity contribution is 5.90. The van der Waals surface area contributed by atoms with Crippen LogP contribution in [0.4, 0.5) is 5.82 Å². The fourth-order valence-corrected chi connectivity index (χ4v) is 4.49. The van der Waals surface area contributed by atoms with Crippen molar-refractivity contribution in [3.8, 4) is 0 Å². The third-order valence-corrected chi connectivity index (χ3v) is 6.46. The van der Waals surface area contributed by atoms with Crippen molar-refractivity contribution in [2.45, 2.75) is 24.8 Å². The van der Waals surface area contributed by atoms with E-state index >= 15 is 0 Å². The molecule has 2 amide bonds. The van der Waals surface area contributed by atoms with E-state index in [0.29, 0.717) is 32.5 Å². The Morgan fingerprint density at radius 1 is 1.06 bits per heavy atom. The zero-order valence-electron chi connectivity index (χ0n) is 18.3. The maximum absolute atomic E-state index is 13.5. The van der Waals surface area contributed by atoms with Gasteiger partial charge in [0.2, 0.25) is 11.8 Å². The first-order valence-corrected chi connectivity index (χ1v) is 11.2. The van der Waals surface area contributed by atoms with E-state index < -0.39 is 5.41 Å². The molecule has 168 valence electrons. The van der Waals surface area contributed by atoms with Crippen LogP contribution < -0.4 is 10.2 Å². The Balaban J connectivity index is 1.44. The molecule has 7 nitrogen and oxygen atoms in total. The smallest absolute Gasteiger partial charge is 0.245 e. The number of rotatable bonds is 6. The number of piperidine rings is 1. The molecule has 2 saturated heterocycles. The van der Waals surface area contributed by atoms with Crippen LogP contribution in [0.5, 0.6) is 0 Å². The van der Waals surface area contributed by atoms with Crippen molar-refractivity contribution in [3.05, 3.63) is 72.4 Å². The lowest BCUT2D eigenvalue weighted by Gasteiger charge is -2.40. The number of amides is 2. The van der Waals surface area contributed by atoms with Crippen molar-refractivity contribution in [2.24, 2.45) is 0 Å². The molecule has 2 aliphatic rings. The maximum Gasteiger partial charge on any atom is 0.245 e. The van der Waals surface area contributed by atoms with Gasteiger partial charge in [0, 0.05) is 38.9 Å². The highest BCUT2D eigenvalue weighted by atomic mass is 16.5. The highest BCUT2D eigenvalue weighted by Crippen LogP contribution is 2.36. The van der Waals surface area contributed by atoms with E-state index in [1.165, 1.54) is 6.08 Å². The Morgan fingerprint density at radius 3 is 2.41 bits per heavy atom. The third-order valence-electron chi connectivity index (χ3n) is 6.46. The SMILES string of the molecule is C=CC(=O)N1CCC(C(=O)NCc2ccc(N3CCOCC3)nc2)(c2ccccc2)CC1. The summed E-state index contributed by atoms with van der Waals surface area (Å²) >= 11 is 0. The Kier molecular flexibility index (Phi) is 6.85. The van der Waals surface area contributed by atoms with Gasteiger partial charge in [0.25, 0.3) is 0 Å². The van der Waals surface area contributed by atoms with Crippen LogP contribution in [-0.4, -0.2) is 61.1 Å². The van der Waals surface area contributed by atoms with Crippen LogP contribution in [0.1, 0.15) is 24.0 Å². The van der Waals surface area contributed by atoms with Crippen molar-refractivity contribution < 1.29 is 14.3 Å². The van der Waals surface area contributed by atoms with Crippen molar-refractivity contribution in [1.82, 2.24) is 15.2 Å². The van der Waals surface area contributed by atoms with Crippen LogP contribution in [0, 0.1) is 0 Å². The predicted octanol–water partition coefficient (Wildman–Crippen LogP) is 2.28. The van der Waals surface area contributed by atoms with Gasteiger partial charge in [-0.25, -0.2) is 4.98 Å². The molecule has 0 bridgehead atoms. The highest BCUT2D eigenvalue weighted by Gasteiger charge is 2.43. The second kappa shape index (κ2) is 9.96. The Bertz CT molecular complexity index is 931. The average Bonchev–Trinajstić information content (AvgIpc) is 2.88. The number of nitrogens with zero attached hydrogens (tertiary/aromatic N) is 3. The van der Waals surface area contributed by atoms with Crippen molar-refractivity contribution in [2.75, 3.05) is 44.3 Å². The summed E-state index contributed by atoms with van der Waals surface area (Å²) in [6.07, 6.45) is 4.32. The topological polar surface area (TPSA) is 74.8 Å². The number of morpholine rings is 1. The van der Waals surface area contributed by atoms with Gasteiger partial charge in [0.15, 0.2) is 0 Å². The van der Waals surface area contributed by atoms with E-state index in [0.717, 1.165) is 43.2 Å². The minimum absolute atomic E-state index is 0.00772. The Labute approximate surface area is 189 Å². The van der Waals surface area contributed by atoms with Crippen molar-refractivity contribution in [3.63, 3.8) is 0 Å². The van der Waals surface area contributed by atoms with Gasteiger partial charge < -0.3 is 19.9 Å². The maximum atomic E-state index is 13.5. The number of hydrogen-bond acceptors (Lipinski definition) is 5. The molecule has 2 aromatic rings. The molecule has 2 aliphatic heterocycles. The second-order valence-corrected chi connectivity index (χ2v) is 8.28. The third kappa shape index (κ3) is 4.67. The molecule has 0 atom stereocenters. The number of ether oxygens (including phenoxy) is 1. The van der Waals surface area contributed by atoms with Gasteiger partial charge in [-0.2, -0.15) is 0 Å². The Morgan fingerprint density at radius 2 is 1.78 bits per heavy atom. The van der Waals surface area contributed by atoms with E-state index in [1.54, 1.807) is 4.90 Å². The average molecular weight is 435 g/mol. The molecular weight excluding hydrogens is 404 g/mol.